The standard InChI is InChI=1S/C48H57Cl2N7O6/c1-28-22-33(23-29(2)43(28)50)62-19-9-10-35-36-11-12-39(49)42(41-31(4)51-53(7)32(41)5)45(36)57-30(3)26-56(47(58)46(35)57)40-25-34(63-21-17-54-15-13-52(6)14-16-54)24-37-38(48(59)60)27-55(44(37)40)18-20-61-8/h11-12,22-25,27,30H,9-10,13-21,26H2,1-8H3,(H,59,60)/t30-/m1/s1. The largest absolute Gasteiger partial charge is 0.494 e. The molecule has 1 fully saturated rings. The SMILES string of the molecule is COCCn1cc(C(=O)O)c2cc(OCCN3CCN(C)CC3)cc(N3C[C@@H](C)n4c(c(CCCOc5cc(C)c(Cl)c(C)c5)c5ccc(Cl)c(-c6c(C)nn(C)c6C)c54)C3=O)c21. The summed E-state index contributed by atoms with van der Waals surface area (Å²) in [7, 11) is 5.67. The molecule has 0 spiro atoms. The fourth-order valence-electron chi connectivity index (χ4n) is 9.52. The lowest BCUT2D eigenvalue weighted by atomic mass is 9.98. The van der Waals surface area contributed by atoms with Crippen molar-refractivity contribution in [2.75, 3.05) is 78.1 Å². The van der Waals surface area contributed by atoms with Crippen molar-refractivity contribution in [2.45, 2.75) is 60.0 Å². The number of aryl methyl sites for hydroxylation is 5. The number of carbonyl (C=O) groups is 2. The van der Waals surface area contributed by atoms with Crippen LogP contribution < -0.4 is 14.4 Å². The number of carbonyl (C=O) groups excluding carboxylic acids is 1. The third kappa shape index (κ3) is 8.42. The molecule has 0 saturated carbocycles. The highest BCUT2D eigenvalue weighted by molar-refractivity contribution is 6.35. The number of piperazine rings is 1. The van der Waals surface area contributed by atoms with Gasteiger partial charge in [0.15, 0.2) is 0 Å². The number of ether oxygens (including phenoxy) is 3. The lowest BCUT2D eigenvalue weighted by molar-refractivity contribution is 0.0698. The van der Waals surface area contributed by atoms with Gasteiger partial charge in [-0.3, -0.25) is 14.4 Å². The second-order valence-electron chi connectivity index (χ2n) is 17.1. The number of aromatic carboxylic acids is 1. The summed E-state index contributed by atoms with van der Waals surface area (Å²) in [5.41, 5.74) is 9.20. The molecule has 15 heteroatoms. The second-order valence-corrected chi connectivity index (χ2v) is 17.9. The molecule has 0 bridgehead atoms. The van der Waals surface area contributed by atoms with E-state index >= 15 is 4.79 Å². The molecule has 3 aromatic heterocycles. The monoisotopic (exact) mass is 897 g/mol. The number of likely N-dealkylation sites (N-methyl/N-ethyl adjacent to an activating group) is 1. The first-order chi connectivity index (χ1) is 30.2. The number of anilines is 1. The summed E-state index contributed by atoms with van der Waals surface area (Å²) in [6.45, 7) is 16.6. The molecular formula is C48H57Cl2N7O6. The molecule has 3 aromatic carbocycles. The Balaban J connectivity index is 1.25. The Bertz CT molecular complexity index is 2710. The van der Waals surface area contributed by atoms with Crippen LogP contribution in [-0.2, 0) is 24.8 Å². The number of fused-ring (bicyclic) bond motifs is 4. The molecule has 8 rings (SSSR count). The number of amides is 1. The number of methoxy groups -OCH3 is 1. The molecule has 1 atom stereocenters. The molecule has 63 heavy (non-hydrogen) atoms. The van der Waals surface area contributed by atoms with Crippen LogP contribution >= 0.6 is 23.2 Å². The van der Waals surface area contributed by atoms with Crippen LogP contribution in [0.15, 0.2) is 42.6 Å². The zero-order valence-electron chi connectivity index (χ0n) is 37.5. The van der Waals surface area contributed by atoms with Crippen molar-refractivity contribution >= 4 is 62.6 Å². The molecule has 2 aliphatic heterocycles. The van der Waals surface area contributed by atoms with E-state index in [0.29, 0.717) is 78.8 Å². The molecule has 1 N–H and O–H groups in total. The van der Waals surface area contributed by atoms with Gasteiger partial charge in [0.1, 0.15) is 23.8 Å². The van der Waals surface area contributed by atoms with Gasteiger partial charge in [0.05, 0.1) is 46.2 Å². The van der Waals surface area contributed by atoms with Crippen LogP contribution in [-0.4, -0.2) is 119 Å². The van der Waals surface area contributed by atoms with Crippen molar-refractivity contribution in [2.24, 2.45) is 7.05 Å². The predicted molar refractivity (Wildman–Crippen MR) is 250 cm³/mol. The Kier molecular flexibility index (Phi) is 12.9. The number of benzene rings is 3. The number of hydrogen-bond acceptors (Lipinski definition) is 8. The van der Waals surface area contributed by atoms with E-state index in [0.717, 1.165) is 93.6 Å². The van der Waals surface area contributed by atoms with E-state index in [4.69, 9.17) is 42.5 Å². The number of hydrogen-bond donors (Lipinski definition) is 1. The van der Waals surface area contributed by atoms with Crippen LogP contribution in [0.4, 0.5) is 5.69 Å². The van der Waals surface area contributed by atoms with Gasteiger partial charge in [0.2, 0.25) is 0 Å². The van der Waals surface area contributed by atoms with Gasteiger partial charge in [-0.05, 0) is 95.5 Å². The average Bonchev–Trinajstić information content (AvgIpc) is 3.87. The number of rotatable bonds is 15. The molecule has 334 valence electrons. The maximum absolute atomic E-state index is 15.7. The first-order valence-corrected chi connectivity index (χ1v) is 22.4. The molecule has 0 radical (unpaired) electrons. The van der Waals surface area contributed by atoms with Gasteiger partial charge in [0.25, 0.3) is 5.91 Å². The lowest BCUT2D eigenvalue weighted by Crippen LogP contribution is -2.45. The van der Waals surface area contributed by atoms with Crippen LogP contribution in [0.1, 0.15) is 68.3 Å². The third-order valence-electron chi connectivity index (χ3n) is 12.8. The number of carboxylic acid groups (broad SMARTS) is 1. The van der Waals surface area contributed by atoms with Gasteiger partial charge in [-0.15, -0.1) is 0 Å². The van der Waals surface area contributed by atoms with Crippen LogP contribution in [0.2, 0.25) is 10.0 Å². The first kappa shape index (κ1) is 44.6. The minimum absolute atomic E-state index is 0.131. The van der Waals surface area contributed by atoms with Gasteiger partial charge in [-0.2, -0.15) is 5.10 Å². The maximum Gasteiger partial charge on any atom is 0.337 e. The van der Waals surface area contributed by atoms with Gasteiger partial charge in [-0.25, -0.2) is 4.79 Å². The number of aromatic nitrogens is 4. The highest BCUT2D eigenvalue weighted by Gasteiger charge is 2.38. The van der Waals surface area contributed by atoms with Crippen LogP contribution in [0.3, 0.4) is 0 Å². The summed E-state index contributed by atoms with van der Waals surface area (Å²) >= 11 is 13.7. The van der Waals surface area contributed by atoms with Gasteiger partial charge < -0.3 is 38.3 Å². The Labute approximate surface area is 378 Å². The minimum Gasteiger partial charge on any atom is -0.494 e. The van der Waals surface area contributed by atoms with Gasteiger partial charge in [0, 0.05) is 111 Å². The van der Waals surface area contributed by atoms with Crippen molar-refractivity contribution in [3.05, 3.63) is 92.0 Å². The lowest BCUT2D eigenvalue weighted by Gasteiger charge is -2.35. The summed E-state index contributed by atoms with van der Waals surface area (Å²) in [6.07, 6.45) is 2.81. The molecule has 5 heterocycles. The van der Waals surface area contributed by atoms with Crippen LogP contribution in [0.25, 0.3) is 32.9 Å². The Morgan fingerprint density at radius 3 is 2.24 bits per heavy atom. The highest BCUT2D eigenvalue weighted by atomic mass is 35.5. The molecule has 0 aliphatic carbocycles. The quantitative estimate of drug-likeness (QED) is 0.101. The van der Waals surface area contributed by atoms with E-state index in [9.17, 15) is 9.90 Å². The van der Waals surface area contributed by atoms with Crippen molar-refractivity contribution in [1.82, 2.24) is 28.7 Å². The van der Waals surface area contributed by atoms with Crippen molar-refractivity contribution in [3.8, 4) is 22.6 Å². The van der Waals surface area contributed by atoms with E-state index in [2.05, 4.69) is 28.3 Å². The Hall–Kier alpha value is -5.05. The molecule has 1 saturated heterocycles. The fraction of sp³-hybridized carbons (Fsp3) is 0.438. The number of nitrogens with zero attached hydrogens (tertiary/aromatic N) is 7. The van der Waals surface area contributed by atoms with Crippen molar-refractivity contribution in [1.29, 1.82) is 0 Å². The van der Waals surface area contributed by atoms with E-state index < -0.39 is 5.97 Å². The van der Waals surface area contributed by atoms with Crippen LogP contribution in [0.5, 0.6) is 11.5 Å². The van der Waals surface area contributed by atoms with E-state index in [-0.39, 0.29) is 17.5 Å². The molecule has 13 nitrogen and oxygen atoms in total. The minimum atomic E-state index is -1.06. The van der Waals surface area contributed by atoms with Crippen molar-refractivity contribution in [3.63, 3.8) is 0 Å². The summed E-state index contributed by atoms with van der Waals surface area (Å²) in [5.74, 6) is -0.00330. The molecular weight excluding hydrogens is 841 g/mol. The topological polar surface area (TPSA) is 119 Å². The fourth-order valence-corrected chi connectivity index (χ4v) is 9.87. The second kappa shape index (κ2) is 18.2. The average molecular weight is 899 g/mol. The first-order valence-electron chi connectivity index (χ1n) is 21.7. The number of halogens is 2. The maximum atomic E-state index is 15.7. The number of carboxylic acids is 1. The third-order valence-corrected chi connectivity index (χ3v) is 13.7. The van der Waals surface area contributed by atoms with Crippen LogP contribution in [0, 0.1) is 27.7 Å². The molecule has 0 unspecified atom stereocenters. The van der Waals surface area contributed by atoms with E-state index in [1.807, 2.05) is 79.2 Å². The molecule has 2 aliphatic rings. The molecule has 6 aromatic rings. The summed E-state index contributed by atoms with van der Waals surface area (Å²) in [6, 6.07) is 11.3. The normalized spacial score (nSPS) is 16.1. The van der Waals surface area contributed by atoms with Crippen molar-refractivity contribution < 1.29 is 28.9 Å². The Morgan fingerprint density at radius 1 is 0.873 bits per heavy atom. The Morgan fingerprint density at radius 2 is 1.57 bits per heavy atom. The van der Waals surface area contributed by atoms with Gasteiger partial charge in [-0.1, -0.05) is 29.3 Å². The van der Waals surface area contributed by atoms with E-state index in [1.165, 1.54) is 0 Å². The highest BCUT2D eigenvalue weighted by Crippen LogP contribution is 2.46. The summed E-state index contributed by atoms with van der Waals surface area (Å²) < 4.78 is 24.2. The zero-order chi connectivity index (χ0) is 44.9. The summed E-state index contributed by atoms with van der Waals surface area (Å²) in [4.78, 5) is 35.0. The zero-order valence-corrected chi connectivity index (χ0v) is 39.0. The predicted octanol–water partition coefficient (Wildman–Crippen LogP) is 8.74. The van der Waals surface area contributed by atoms with Gasteiger partial charge >= 0.3 is 5.97 Å². The van der Waals surface area contributed by atoms with E-state index in [1.54, 1.807) is 19.4 Å². The molecule has 1 amide bonds. The smallest absolute Gasteiger partial charge is 0.337 e. The summed E-state index contributed by atoms with van der Waals surface area (Å²) in [5, 5.41) is 18.0.